The van der Waals surface area contributed by atoms with Gasteiger partial charge in [-0.15, -0.1) is 0 Å². The lowest BCUT2D eigenvalue weighted by atomic mass is 10.1. The zero-order valence-corrected chi connectivity index (χ0v) is 13.2. The Morgan fingerprint density at radius 3 is 2.61 bits per heavy atom. The molecule has 3 heteroatoms. The highest BCUT2D eigenvalue weighted by Gasteiger charge is 2.04. The second-order valence-corrected chi connectivity index (χ2v) is 5.95. The summed E-state index contributed by atoms with van der Waals surface area (Å²) >= 11 is 3.53. The third-order valence-electron chi connectivity index (χ3n) is 2.81. The minimum absolute atomic E-state index is 0.240. The van der Waals surface area contributed by atoms with Crippen molar-refractivity contribution in [1.29, 1.82) is 0 Å². The first-order chi connectivity index (χ1) is 8.59. The molecule has 0 saturated carbocycles. The van der Waals surface area contributed by atoms with Gasteiger partial charge >= 0.3 is 0 Å². The molecule has 0 aromatic heterocycles. The van der Waals surface area contributed by atoms with Crippen molar-refractivity contribution >= 4 is 15.9 Å². The Labute approximate surface area is 119 Å². The fourth-order valence-electron chi connectivity index (χ4n) is 1.60. The highest BCUT2D eigenvalue weighted by atomic mass is 79.9. The van der Waals surface area contributed by atoms with Crippen LogP contribution < -0.4 is 5.32 Å². The predicted molar refractivity (Wildman–Crippen MR) is 80.7 cm³/mol. The van der Waals surface area contributed by atoms with E-state index in [4.69, 9.17) is 4.74 Å². The normalized spacial score (nSPS) is 12.9. The molecule has 0 aliphatic carbocycles. The van der Waals surface area contributed by atoms with Crippen molar-refractivity contribution in [1.82, 2.24) is 5.32 Å². The number of rotatable bonds is 8. The van der Waals surface area contributed by atoms with Crippen LogP contribution in [0.2, 0.25) is 0 Å². The SMILES string of the molecule is CC(C)CCNCC(C)OCc1ccccc1Br. The summed E-state index contributed by atoms with van der Waals surface area (Å²) in [5.41, 5.74) is 1.20. The van der Waals surface area contributed by atoms with Gasteiger partial charge in [-0.25, -0.2) is 0 Å². The second-order valence-electron chi connectivity index (χ2n) is 5.10. The summed E-state index contributed by atoms with van der Waals surface area (Å²) in [7, 11) is 0. The van der Waals surface area contributed by atoms with Crippen molar-refractivity contribution in [2.75, 3.05) is 13.1 Å². The fraction of sp³-hybridized carbons (Fsp3) is 0.600. The van der Waals surface area contributed by atoms with Gasteiger partial charge in [0.15, 0.2) is 0 Å². The maximum Gasteiger partial charge on any atom is 0.0732 e. The zero-order chi connectivity index (χ0) is 13.4. The van der Waals surface area contributed by atoms with Gasteiger partial charge in [-0.05, 0) is 37.4 Å². The summed E-state index contributed by atoms with van der Waals surface area (Å²) < 4.78 is 6.94. The molecular formula is C15H24BrNO. The van der Waals surface area contributed by atoms with Gasteiger partial charge < -0.3 is 10.1 Å². The van der Waals surface area contributed by atoms with Gasteiger partial charge in [0.25, 0.3) is 0 Å². The zero-order valence-electron chi connectivity index (χ0n) is 11.6. The van der Waals surface area contributed by atoms with Crippen molar-refractivity contribution < 1.29 is 4.74 Å². The van der Waals surface area contributed by atoms with Gasteiger partial charge in [-0.1, -0.05) is 48.0 Å². The molecular weight excluding hydrogens is 290 g/mol. The van der Waals surface area contributed by atoms with Gasteiger partial charge in [0.1, 0.15) is 0 Å². The molecule has 1 aromatic carbocycles. The molecule has 102 valence electrons. The van der Waals surface area contributed by atoms with Crippen molar-refractivity contribution in [3.8, 4) is 0 Å². The number of hydrogen-bond donors (Lipinski definition) is 1. The quantitative estimate of drug-likeness (QED) is 0.733. The average molecular weight is 314 g/mol. The topological polar surface area (TPSA) is 21.3 Å². The van der Waals surface area contributed by atoms with E-state index in [0.717, 1.165) is 23.5 Å². The van der Waals surface area contributed by atoms with E-state index in [-0.39, 0.29) is 6.10 Å². The lowest BCUT2D eigenvalue weighted by molar-refractivity contribution is 0.0528. The van der Waals surface area contributed by atoms with E-state index in [0.29, 0.717) is 6.61 Å². The van der Waals surface area contributed by atoms with Crippen LogP contribution in [-0.4, -0.2) is 19.2 Å². The predicted octanol–water partition coefficient (Wildman–Crippen LogP) is 3.99. The van der Waals surface area contributed by atoms with Crippen LogP contribution in [0.4, 0.5) is 0 Å². The molecule has 0 fully saturated rings. The van der Waals surface area contributed by atoms with Crippen LogP contribution in [0.1, 0.15) is 32.8 Å². The molecule has 1 unspecified atom stereocenters. The Morgan fingerprint density at radius 2 is 1.94 bits per heavy atom. The lowest BCUT2D eigenvalue weighted by Crippen LogP contribution is -2.28. The summed E-state index contributed by atoms with van der Waals surface area (Å²) in [6.07, 6.45) is 1.46. The van der Waals surface area contributed by atoms with Crippen LogP contribution in [0.3, 0.4) is 0 Å². The van der Waals surface area contributed by atoms with E-state index in [2.05, 4.69) is 48.1 Å². The Balaban J connectivity index is 2.17. The van der Waals surface area contributed by atoms with Gasteiger partial charge in [0.05, 0.1) is 12.7 Å². The number of ether oxygens (including phenoxy) is 1. The molecule has 0 amide bonds. The van der Waals surface area contributed by atoms with Crippen LogP contribution in [0.25, 0.3) is 0 Å². The minimum atomic E-state index is 0.240. The molecule has 1 N–H and O–H groups in total. The Morgan fingerprint density at radius 1 is 1.22 bits per heavy atom. The molecule has 0 radical (unpaired) electrons. The van der Waals surface area contributed by atoms with Crippen LogP contribution in [0.5, 0.6) is 0 Å². The Kier molecular flexibility index (Phi) is 7.56. The third kappa shape index (κ3) is 6.53. The summed E-state index contributed by atoms with van der Waals surface area (Å²) in [4.78, 5) is 0. The number of nitrogens with one attached hydrogen (secondary N) is 1. The maximum atomic E-state index is 5.82. The number of hydrogen-bond acceptors (Lipinski definition) is 2. The van der Waals surface area contributed by atoms with E-state index in [1.165, 1.54) is 12.0 Å². The van der Waals surface area contributed by atoms with Crippen molar-refractivity contribution in [3.63, 3.8) is 0 Å². The third-order valence-corrected chi connectivity index (χ3v) is 3.59. The molecule has 1 rings (SSSR count). The molecule has 0 heterocycles. The summed E-state index contributed by atoms with van der Waals surface area (Å²) in [5, 5.41) is 3.43. The van der Waals surface area contributed by atoms with E-state index in [9.17, 15) is 0 Å². The van der Waals surface area contributed by atoms with Crippen molar-refractivity contribution in [3.05, 3.63) is 34.3 Å². The van der Waals surface area contributed by atoms with E-state index in [1.54, 1.807) is 0 Å². The smallest absolute Gasteiger partial charge is 0.0732 e. The summed E-state index contributed by atoms with van der Waals surface area (Å²) in [6.45, 7) is 9.24. The first kappa shape index (κ1) is 15.7. The second kappa shape index (κ2) is 8.68. The van der Waals surface area contributed by atoms with E-state index >= 15 is 0 Å². The average Bonchev–Trinajstić information content (AvgIpc) is 2.33. The Bertz CT molecular complexity index is 341. The largest absolute Gasteiger partial charge is 0.372 e. The van der Waals surface area contributed by atoms with Gasteiger partial charge in [0, 0.05) is 11.0 Å². The molecule has 1 atom stereocenters. The molecule has 2 nitrogen and oxygen atoms in total. The van der Waals surface area contributed by atoms with Gasteiger partial charge in [-0.2, -0.15) is 0 Å². The van der Waals surface area contributed by atoms with Crippen molar-refractivity contribution in [2.24, 2.45) is 5.92 Å². The van der Waals surface area contributed by atoms with E-state index < -0.39 is 0 Å². The highest BCUT2D eigenvalue weighted by molar-refractivity contribution is 9.10. The minimum Gasteiger partial charge on any atom is -0.372 e. The van der Waals surface area contributed by atoms with Gasteiger partial charge in [0.2, 0.25) is 0 Å². The fourth-order valence-corrected chi connectivity index (χ4v) is 2.00. The first-order valence-corrected chi connectivity index (χ1v) is 7.44. The molecule has 1 aromatic rings. The van der Waals surface area contributed by atoms with Crippen LogP contribution in [-0.2, 0) is 11.3 Å². The lowest BCUT2D eigenvalue weighted by Gasteiger charge is -2.15. The first-order valence-electron chi connectivity index (χ1n) is 6.65. The summed E-state index contributed by atoms with van der Waals surface area (Å²) in [5.74, 6) is 0.758. The molecule has 0 spiro atoms. The Hall–Kier alpha value is -0.380. The van der Waals surface area contributed by atoms with Crippen LogP contribution in [0, 0.1) is 5.92 Å². The van der Waals surface area contributed by atoms with E-state index in [1.807, 2.05) is 18.2 Å². The monoisotopic (exact) mass is 313 g/mol. The maximum absolute atomic E-state index is 5.82. The van der Waals surface area contributed by atoms with Crippen LogP contribution in [0.15, 0.2) is 28.7 Å². The highest BCUT2D eigenvalue weighted by Crippen LogP contribution is 2.17. The van der Waals surface area contributed by atoms with Crippen molar-refractivity contribution in [2.45, 2.75) is 39.9 Å². The molecule has 0 saturated heterocycles. The number of halogens is 1. The summed E-state index contributed by atoms with van der Waals surface area (Å²) in [6, 6.07) is 8.19. The van der Waals surface area contributed by atoms with Gasteiger partial charge in [-0.3, -0.25) is 0 Å². The molecule has 0 aliphatic rings. The van der Waals surface area contributed by atoms with Crippen LogP contribution >= 0.6 is 15.9 Å². The number of benzene rings is 1. The molecule has 0 bridgehead atoms. The molecule has 0 aliphatic heterocycles. The standard InChI is InChI=1S/C15H24BrNO/c1-12(2)8-9-17-10-13(3)18-11-14-6-4-5-7-15(14)16/h4-7,12-13,17H,8-11H2,1-3H3. The molecule has 18 heavy (non-hydrogen) atoms.